The van der Waals surface area contributed by atoms with E-state index in [1.165, 1.54) is 6.42 Å². The van der Waals surface area contributed by atoms with E-state index in [4.69, 9.17) is 16.3 Å². The lowest BCUT2D eigenvalue weighted by Crippen LogP contribution is -2.14. The summed E-state index contributed by atoms with van der Waals surface area (Å²) in [6, 6.07) is 12.9. The second-order valence-electron chi connectivity index (χ2n) is 8.04. The van der Waals surface area contributed by atoms with Crippen molar-refractivity contribution in [3.63, 3.8) is 0 Å². The van der Waals surface area contributed by atoms with Gasteiger partial charge in [-0.2, -0.15) is 0 Å². The van der Waals surface area contributed by atoms with Crippen LogP contribution in [-0.4, -0.2) is 29.2 Å². The second kappa shape index (κ2) is 12.7. The fraction of sp³-hybridized carbons (Fsp3) is 0.385. The van der Waals surface area contributed by atoms with Crippen LogP contribution in [-0.2, 0) is 9.53 Å². The van der Waals surface area contributed by atoms with E-state index >= 15 is 0 Å². The molecule has 2 aromatic carbocycles. The average Bonchev–Trinajstić information content (AvgIpc) is 3.26. The lowest BCUT2D eigenvalue weighted by molar-refractivity contribution is -0.144. The van der Waals surface area contributed by atoms with Crippen LogP contribution >= 0.6 is 23.4 Å². The highest BCUT2D eigenvalue weighted by atomic mass is 35.5. The molecule has 0 fully saturated rings. The average molecular weight is 487 g/mol. The monoisotopic (exact) mass is 486 g/mol. The maximum Gasteiger partial charge on any atom is 0.306 e. The molecular formula is C26H31ClN2O3S. The summed E-state index contributed by atoms with van der Waals surface area (Å²) in [5, 5.41) is 4.38. The number of hydrogen-bond acceptors (Lipinski definition) is 4. The predicted molar refractivity (Wildman–Crippen MR) is 137 cm³/mol. The number of fused-ring (bicyclic) bond motifs is 1. The molecule has 0 aliphatic rings. The Balaban J connectivity index is 1.59. The van der Waals surface area contributed by atoms with Crippen molar-refractivity contribution in [1.29, 1.82) is 0 Å². The first-order chi connectivity index (χ1) is 16.0. The minimum absolute atomic E-state index is 0.167. The standard InChI is InChI=1S/C26H31ClN2O3S/c1-3-5-7-18(4-2)17-32-24(30)14-15-33-23-9-6-8-22-25(23)21(16-28-22)26(31)29-20-12-10-19(27)11-13-20/h6,8-13,16,18,28H,3-5,7,14-15,17H2,1-2H3,(H,29,31). The number of nitrogens with one attached hydrogen (secondary N) is 2. The predicted octanol–water partition coefficient (Wildman–Crippen LogP) is 7.32. The summed E-state index contributed by atoms with van der Waals surface area (Å²) in [7, 11) is 0. The SMILES string of the molecule is CCCCC(CC)COC(=O)CCSc1cccc2[nH]cc(C(=O)Nc3ccc(Cl)cc3)c12. The van der Waals surface area contributed by atoms with Gasteiger partial charge in [-0.15, -0.1) is 11.8 Å². The van der Waals surface area contributed by atoms with Crippen LogP contribution in [0.5, 0.6) is 0 Å². The van der Waals surface area contributed by atoms with Crippen molar-refractivity contribution in [3.8, 4) is 0 Å². The van der Waals surface area contributed by atoms with Crippen molar-refractivity contribution in [2.45, 2.75) is 50.8 Å². The summed E-state index contributed by atoms with van der Waals surface area (Å²) in [6.45, 7) is 4.82. The van der Waals surface area contributed by atoms with Gasteiger partial charge in [0.1, 0.15) is 0 Å². The maximum absolute atomic E-state index is 12.9. The van der Waals surface area contributed by atoms with Crippen LogP contribution in [0.15, 0.2) is 53.6 Å². The smallest absolute Gasteiger partial charge is 0.306 e. The number of thioether (sulfide) groups is 1. The van der Waals surface area contributed by atoms with E-state index in [9.17, 15) is 9.59 Å². The number of carbonyl (C=O) groups excluding carboxylic acids is 2. The molecule has 0 aliphatic heterocycles. The van der Waals surface area contributed by atoms with Crippen LogP contribution in [0.25, 0.3) is 10.9 Å². The first kappa shape index (κ1) is 25.2. The van der Waals surface area contributed by atoms with Crippen molar-refractivity contribution in [3.05, 3.63) is 59.2 Å². The highest BCUT2D eigenvalue weighted by molar-refractivity contribution is 7.99. The van der Waals surface area contributed by atoms with E-state index < -0.39 is 0 Å². The summed E-state index contributed by atoms with van der Waals surface area (Å²) in [5.74, 6) is 0.664. The van der Waals surface area contributed by atoms with Crippen molar-refractivity contribution in [2.24, 2.45) is 5.92 Å². The Labute approximate surface area is 204 Å². The number of rotatable bonds is 12. The minimum Gasteiger partial charge on any atom is -0.465 e. The Morgan fingerprint density at radius 3 is 2.67 bits per heavy atom. The Hall–Kier alpha value is -2.44. The number of amides is 1. The van der Waals surface area contributed by atoms with Crippen molar-refractivity contribution in [1.82, 2.24) is 4.98 Å². The number of unbranched alkanes of at least 4 members (excludes halogenated alkanes) is 1. The van der Waals surface area contributed by atoms with E-state index in [0.29, 0.717) is 41.0 Å². The molecule has 0 saturated carbocycles. The van der Waals surface area contributed by atoms with Crippen LogP contribution < -0.4 is 5.32 Å². The molecule has 0 spiro atoms. The lowest BCUT2D eigenvalue weighted by atomic mass is 10.0. The van der Waals surface area contributed by atoms with Gasteiger partial charge in [0.05, 0.1) is 18.6 Å². The number of H-pyrrole nitrogens is 1. The number of halogens is 1. The molecule has 0 radical (unpaired) electrons. The zero-order valence-electron chi connectivity index (χ0n) is 19.2. The molecule has 1 unspecified atom stereocenters. The third-order valence-electron chi connectivity index (χ3n) is 5.60. The quantitative estimate of drug-likeness (QED) is 0.208. The number of anilines is 1. The Morgan fingerprint density at radius 2 is 1.94 bits per heavy atom. The first-order valence-electron chi connectivity index (χ1n) is 11.5. The third kappa shape index (κ3) is 7.27. The zero-order chi connectivity index (χ0) is 23.6. The van der Waals surface area contributed by atoms with E-state index in [1.807, 2.05) is 18.2 Å². The van der Waals surface area contributed by atoms with Gasteiger partial charge in [0, 0.05) is 38.5 Å². The number of carbonyl (C=O) groups is 2. The van der Waals surface area contributed by atoms with Crippen molar-refractivity contribution in [2.75, 3.05) is 17.7 Å². The molecule has 3 aromatic rings. The normalized spacial score (nSPS) is 12.0. The molecule has 3 rings (SSSR count). The maximum atomic E-state index is 12.9. The summed E-state index contributed by atoms with van der Waals surface area (Å²) in [4.78, 5) is 29.3. The van der Waals surface area contributed by atoms with Gasteiger partial charge < -0.3 is 15.0 Å². The first-order valence-corrected chi connectivity index (χ1v) is 12.8. The van der Waals surface area contributed by atoms with Gasteiger partial charge in [-0.25, -0.2) is 0 Å². The molecule has 7 heteroatoms. The highest BCUT2D eigenvalue weighted by Gasteiger charge is 2.16. The molecule has 0 saturated heterocycles. The summed E-state index contributed by atoms with van der Waals surface area (Å²) < 4.78 is 5.51. The van der Waals surface area contributed by atoms with Crippen LogP contribution in [0.2, 0.25) is 5.02 Å². The van der Waals surface area contributed by atoms with Gasteiger partial charge in [-0.1, -0.05) is 50.8 Å². The number of hydrogen-bond donors (Lipinski definition) is 2. The van der Waals surface area contributed by atoms with Gasteiger partial charge >= 0.3 is 5.97 Å². The molecule has 176 valence electrons. The number of aromatic nitrogens is 1. The minimum atomic E-state index is -0.200. The number of esters is 1. The van der Waals surface area contributed by atoms with E-state index in [-0.39, 0.29) is 11.9 Å². The van der Waals surface area contributed by atoms with Gasteiger partial charge in [-0.05, 0) is 48.7 Å². The van der Waals surface area contributed by atoms with Gasteiger partial charge in [-0.3, -0.25) is 9.59 Å². The lowest BCUT2D eigenvalue weighted by Gasteiger charge is -2.14. The molecule has 1 amide bonds. The molecule has 5 nitrogen and oxygen atoms in total. The Morgan fingerprint density at radius 1 is 1.15 bits per heavy atom. The molecule has 1 heterocycles. The fourth-order valence-electron chi connectivity index (χ4n) is 3.61. The fourth-order valence-corrected chi connectivity index (χ4v) is 4.76. The summed E-state index contributed by atoms with van der Waals surface area (Å²) >= 11 is 7.48. The zero-order valence-corrected chi connectivity index (χ0v) is 20.7. The molecular weight excluding hydrogens is 456 g/mol. The van der Waals surface area contributed by atoms with Crippen LogP contribution in [0, 0.1) is 5.92 Å². The van der Waals surface area contributed by atoms with E-state index in [2.05, 4.69) is 24.1 Å². The van der Waals surface area contributed by atoms with Gasteiger partial charge in [0.2, 0.25) is 0 Å². The van der Waals surface area contributed by atoms with Crippen molar-refractivity contribution >= 4 is 51.8 Å². The Bertz CT molecular complexity index is 1070. The van der Waals surface area contributed by atoms with Gasteiger partial charge in [0.15, 0.2) is 0 Å². The van der Waals surface area contributed by atoms with Crippen LogP contribution in [0.4, 0.5) is 5.69 Å². The van der Waals surface area contributed by atoms with Crippen molar-refractivity contribution < 1.29 is 14.3 Å². The number of benzene rings is 2. The highest BCUT2D eigenvalue weighted by Crippen LogP contribution is 2.31. The number of ether oxygens (including phenoxy) is 1. The second-order valence-corrected chi connectivity index (χ2v) is 9.61. The topological polar surface area (TPSA) is 71.2 Å². The molecule has 1 atom stereocenters. The molecule has 2 N–H and O–H groups in total. The Kier molecular flexibility index (Phi) is 9.70. The van der Waals surface area contributed by atoms with Crippen LogP contribution in [0.1, 0.15) is 56.3 Å². The van der Waals surface area contributed by atoms with Crippen LogP contribution in [0.3, 0.4) is 0 Å². The molecule has 1 aromatic heterocycles. The summed E-state index contributed by atoms with van der Waals surface area (Å²) in [5.41, 5.74) is 2.12. The van der Waals surface area contributed by atoms with E-state index in [0.717, 1.165) is 35.1 Å². The molecule has 0 aliphatic carbocycles. The molecule has 0 bridgehead atoms. The van der Waals surface area contributed by atoms with Gasteiger partial charge in [0.25, 0.3) is 5.91 Å². The van der Waals surface area contributed by atoms with E-state index in [1.54, 1.807) is 42.2 Å². The molecule has 33 heavy (non-hydrogen) atoms. The largest absolute Gasteiger partial charge is 0.465 e. The number of aromatic amines is 1. The third-order valence-corrected chi connectivity index (χ3v) is 6.91. The summed E-state index contributed by atoms with van der Waals surface area (Å²) in [6.07, 6.45) is 6.51.